The molecule has 1 aromatic carbocycles. The number of ether oxygens (including phenoxy) is 2. The molecule has 5 heteroatoms. The van der Waals surface area contributed by atoms with Crippen LogP contribution in [0.2, 0.25) is 5.02 Å². The Kier molecular flexibility index (Phi) is 6.49. The minimum Gasteiger partial charge on any atom is -0.490 e. The first-order chi connectivity index (χ1) is 10.7. The van der Waals surface area contributed by atoms with Crippen LogP contribution in [0.5, 0.6) is 11.5 Å². The third-order valence-electron chi connectivity index (χ3n) is 3.07. The largest absolute Gasteiger partial charge is 0.490 e. The summed E-state index contributed by atoms with van der Waals surface area (Å²) in [4.78, 5) is 4.01. The van der Waals surface area contributed by atoms with E-state index < -0.39 is 0 Å². The molecular weight excluding hydrogens is 300 g/mol. The molecule has 0 saturated heterocycles. The highest BCUT2D eigenvalue weighted by Gasteiger charge is 2.12. The van der Waals surface area contributed by atoms with Crippen molar-refractivity contribution in [1.29, 1.82) is 0 Å². The third-order valence-corrected chi connectivity index (χ3v) is 3.35. The van der Waals surface area contributed by atoms with Crippen LogP contribution in [0.25, 0.3) is 0 Å². The number of aromatic nitrogens is 1. The van der Waals surface area contributed by atoms with Crippen molar-refractivity contribution in [2.45, 2.75) is 26.9 Å². The van der Waals surface area contributed by atoms with Crippen LogP contribution in [-0.4, -0.2) is 18.2 Å². The molecule has 0 unspecified atom stereocenters. The lowest BCUT2D eigenvalue weighted by atomic mass is 10.2. The predicted molar refractivity (Wildman–Crippen MR) is 88.6 cm³/mol. The smallest absolute Gasteiger partial charge is 0.179 e. The van der Waals surface area contributed by atoms with Gasteiger partial charge in [0, 0.05) is 25.5 Å². The first-order valence-electron chi connectivity index (χ1n) is 7.42. The van der Waals surface area contributed by atoms with Crippen molar-refractivity contribution in [2.75, 3.05) is 13.2 Å². The zero-order valence-electron chi connectivity index (χ0n) is 12.9. The highest BCUT2D eigenvalue weighted by molar-refractivity contribution is 6.32. The van der Waals surface area contributed by atoms with Gasteiger partial charge in [-0.15, -0.1) is 0 Å². The number of halogens is 1. The lowest BCUT2D eigenvalue weighted by molar-refractivity contribution is 0.287. The standard InChI is InChI=1S/C17H21ClN2O2/c1-3-21-16-10-14(9-15(18)17(16)22-4-2)12-20-11-13-5-7-19-8-6-13/h5-10,20H,3-4,11-12H2,1-2H3. The van der Waals surface area contributed by atoms with Crippen LogP contribution in [0.4, 0.5) is 0 Å². The fourth-order valence-electron chi connectivity index (χ4n) is 2.12. The summed E-state index contributed by atoms with van der Waals surface area (Å²) in [6, 6.07) is 7.86. The summed E-state index contributed by atoms with van der Waals surface area (Å²) >= 11 is 6.30. The van der Waals surface area contributed by atoms with Gasteiger partial charge < -0.3 is 14.8 Å². The zero-order valence-corrected chi connectivity index (χ0v) is 13.7. The quantitative estimate of drug-likeness (QED) is 0.803. The average molecular weight is 321 g/mol. The molecule has 0 radical (unpaired) electrons. The van der Waals surface area contributed by atoms with Crippen LogP contribution in [0, 0.1) is 0 Å². The van der Waals surface area contributed by atoms with Crippen molar-refractivity contribution in [3.63, 3.8) is 0 Å². The Morgan fingerprint density at radius 3 is 2.36 bits per heavy atom. The Balaban J connectivity index is 2.04. The fraction of sp³-hybridized carbons (Fsp3) is 0.353. The van der Waals surface area contributed by atoms with E-state index in [4.69, 9.17) is 21.1 Å². The van der Waals surface area contributed by atoms with Crippen LogP contribution in [0.3, 0.4) is 0 Å². The number of hydrogen-bond donors (Lipinski definition) is 1. The minimum absolute atomic E-state index is 0.555. The lowest BCUT2D eigenvalue weighted by Gasteiger charge is -2.14. The molecule has 0 aliphatic rings. The molecule has 1 heterocycles. The fourth-order valence-corrected chi connectivity index (χ4v) is 2.41. The van der Waals surface area contributed by atoms with Crippen LogP contribution < -0.4 is 14.8 Å². The first kappa shape index (κ1) is 16.6. The molecule has 0 aliphatic heterocycles. The average Bonchev–Trinajstić information content (AvgIpc) is 2.52. The van der Waals surface area contributed by atoms with E-state index in [2.05, 4.69) is 10.3 Å². The van der Waals surface area contributed by atoms with E-state index in [0.717, 1.165) is 12.1 Å². The van der Waals surface area contributed by atoms with Gasteiger partial charge in [0.25, 0.3) is 0 Å². The summed E-state index contributed by atoms with van der Waals surface area (Å²) in [6.07, 6.45) is 3.58. The van der Waals surface area contributed by atoms with Gasteiger partial charge in [-0.2, -0.15) is 0 Å². The number of benzene rings is 1. The molecule has 2 aromatic rings. The molecule has 2 rings (SSSR count). The molecule has 0 aliphatic carbocycles. The van der Waals surface area contributed by atoms with Crippen molar-refractivity contribution in [3.05, 3.63) is 52.8 Å². The number of hydrogen-bond acceptors (Lipinski definition) is 4. The van der Waals surface area contributed by atoms with Crippen LogP contribution >= 0.6 is 11.6 Å². The molecule has 1 N–H and O–H groups in total. The summed E-state index contributed by atoms with van der Waals surface area (Å²) in [5, 5.41) is 3.96. The Bertz CT molecular complexity index is 591. The van der Waals surface area contributed by atoms with Gasteiger partial charge in [0.2, 0.25) is 0 Å². The molecule has 0 bridgehead atoms. The van der Waals surface area contributed by atoms with E-state index in [1.54, 1.807) is 12.4 Å². The Morgan fingerprint density at radius 1 is 1.00 bits per heavy atom. The molecule has 0 atom stereocenters. The highest BCUT2D eigenvalue weighted by atomic mass is 35.5. The summed E-state index contributed by atoms with van der Waals surface area (Å²) < 4.78 is 11.2. The van der Waals surface area contributed by atoms with Crippen molar-refractivity contribution in [2.24, 2.45) is 0 Å². The Labute approximate surface area is 136 Å². The Morgan fingerprint density at radius 2 is 1.68 bits per heavy atom. The molecule has 4 nitrogen and oxygen atoms in total. The lowest BCUT2D eigenvalue weighted by Crippen LogP contribution is -2.13. The minimum atomic E-state index is 0.555. The van der Waals surface area contributed by atoms with E-state index in [0.29, 0.717) is 36.3 Å². The first-order valence-corrected chi connectivity index (χ1v) is 7.80. The summed E-state index contributed by atoms with van der Waals surface area (Å²) in [5.74, 6) is 1.31. The molecule has 0 spiro atoms. The van der Waals surface area contributed by atoms with Gasteiger partial charge in [-0.3, -0.25) is 4.98 Å². The summed E-state index contributed by atoms with van der Waals surface area (Å²) in [5.41, 5.74) is 2.25. The molecule has 0 saturated carbocycles. The van der Waals surface area contributed by atoms with Gasteiger partial charge in [0.05, 0.1) is 18.2 Å². The maximum Gasteiger partial charge on any atom is 0.179 e. The number of rotatable bonds is 8. The van der Waals surface area contributed by atoms with Crippen molar-refractivity contribution in [1.82, 2.24) is 10.3 Å². The maximum atomic E-state index is 6.30. The van der Waals surface area contributed by atoms with Crippen molar-refractivity contribution >= 4 is 11.6 Å². The predicted octanol–water partition coefficient (Wildman–Crippen LogP) is 3.82. The molecule has 118 valence electrons. The molecule has 0 fully saturated rings. The van der Waals surface area contributed by atoms with Crippen LogP contribution in [0.1, 0.15) is 25.0 Å². The third kappa shape index (κ3) is 4.61. The number of nitrogens with zero attached hydrogens (tertiary/aromatic N) is 1. The van der Waals surface area contributed by atoms with Gasteiger partial charge in [-0.25, -0.2) is 0 Å². The van der Waals surface area contributed by atoms with E-state index in [-0.39, 0.29) is 0 Å². The van der Waals surface area contributed by atoms with Crippen molar-refractivity contribution in [3.8, 4) is 11.5 Å². The van der Waals surface area contributed by atoms with E-state index in [1.165, 1.54) is 5.56 Å². The van der Waals surface area contributed by atoms with E-state index >= 15 is 0 Å². The molecule has 22 heavy (non-hydrogen) atoms. The SMILES string of the molecule is CCOc1cc(CNCc2ccncc2)cc(Cl)c1OCC. The number of nitrogens with one attached hydrogen (secondary N) is 1. The topological polar surface area (TPSA) is 43.4 Å². The number of pyridine rings is 1. The summed E-state index contributed by atoms with van der Waals surface area (Å²) in [7, 11) is 0. The molecule has 1 aromatic heterocycles. The maximum absolute atomic E-state index is 6.30. The van der Waals surface area contributed by atoms with Crippen molar-refractivity contribution < 1.29 is 9.47 Å². The van der Waals surface area contributed by atoms with Gasteiger partial charge in [0.1, 0.15) is 0 Å². The second-order valence-electron chi connectivity index (χ2n) is 4.73. The van der Waals surface area contributed by atoms with Gasteiger partial charge in [-0.05, 0) is 49.2 Å². The molecule has 0 amide bonds. The summed E-state index contributed by atoms with van der Waals surface area (Å²) in [6.45, 7) is 6.48. The normalized spacial score (nSPS) is 10.5. The zero-order chi connectivity index (χ0) is 15.8. The van der Waals surface area contributed by atoms with Crippen LogP contribution in [-0.2, 0) is 13.1 Å². The second kappa shape index (κ2) is 8.61. The highest BCUT2D eigenvalue weighted by Crippen LogP contribution is 2.36. The molecular formula is C17H21ClN2O2. The van der Waals surface area contributed by atoms with Gasteiger partial charge in [-0.1, -0.05) is 11.6 Å². The van der Waals surface area contributed by atoms with Gasteiger partial charge >= 0.3 is 0 Å². The van der Waals surface area contributed by atoms with Crippen LogP contribution in [0.15, 0.2) is 36.7 Å². The van der Waals surface area contributed by atoms with Gasteiger partial charge in [0.15, 0.2) is 11.5 Å². The second-order valence-corrected chi connectivity index (χ2v) is 5.14. The monoisotopic (exact) mass is 320 g/mol. The van der Waals surface area contributed by atoms with E-state index in [1.807, 2.05) is 38.1 Å². The Hall–Kier alpha value is -1.78. The van der Waals surface area contributed by atoms with E-state index in [9.17, 15) is 0 Å².